The monoisotopic (exact) mass is 333 g/mol. The van der Waals surface area contributed by atoms with E-state index in [-0.39, 0.29) is 10.8 Å². The lowest BCUT2D eigenvalue weighted by atomic mass is 10.1. The van der Waals surface area contributed by atoms with Gasteiger partial charge in [0.25, 0.3) is 0 Å². The quantitative estimate of drug-likeness (QED) is 0.856. The van der Waals surface area contributed by atoms with Crippen LogP contribution < -0.4 is 9.46 Å². The van der Waals surface area contributed by atoms with Crippen LogP contribution in [0.4, 0.5) is 0 Å². The molecule has 0 aliphatic heterocycles. The van der Waals surface area contributed by atoms with E-state index >= 15 is 0 Å². The maximum atomic E-state index is 12.0. The highest BCUT2D eigenvalue weighted by Crippen LogP contribution is 2.28. The van der Waals surface area contributed by atoms with Gasteiger partial charge >= 0.3 is 0 Å². The fraction of sp³-hybridized carbons (Fsp3) is 0.538. The summed E-state index contributed by atoms with van der Waals surface area (Å²) < 4.78 is 21.0. The first kappa shape index (κ1) is 15.8. The maximum absolute atomic E-state index is 12.0. The molecule has 5 heteroatoms. The topological polar surface area (TPSA) is 44.3 Å². The van der Waals surface area contributed by atoms with Crippen LogP contribution in [0.1, 0.15) is 39.3 Å². The summed E-state index contributed by atoms with van der Waals surface area (Å²) in [6.45, 7) is 7.85. The van der Waals surface area contributed by atoms with Gasteiger partial charge in [-0.3, -0.25) is 0 Å². The van der Waals surface area contributed by atoms with Crippen molar-refractivity contribution in [3.63, 3.8) is 0 Å². The number of benzene rings is 1. The highest BCUT2D eigenvalue weighted by atomic mass is 79.9. The molecule has 0 saturated carbocycles. The standard InChI is InChI=1S/C13H20BrNO2S/c1-9(15-18(16)13(2,3)4)10-6-7-12(17-5)11(14)8-10/h6-9,15H,1-5H3. The second-order valence-electron chi connectivity index (χ2n) is 5.11. The first-order chi connectivity index (χ1) is 8.25. The number of hydrogen-bond acceptors (Lipinski definition) is 3. The molecule has 2 atom stereocenters. The Bertz CT molecular complexity index is 406. The van der Waals surface area contributed by atoms with E-state index in [9.17, 15) is 4.55 Å². The molecule has 1 N–H and O–H groups in total. The molecule has 0 fully saturated rings. The predicted octanol–water partition coefficient (Wildman–Crippen LogP) is 3.57. The minimum atomic E-state index is -1.08. The van der Waals surface area contributed by atoms with E-state index < -0.39 is 11.4 Å². The molecule has 0 aliphatic carbocycles. The second kappa shape index (κ2) is 6.28. The van der Waals surface area contributed by atoms with Crippen molar-refractivity contribution in [3.05, 3.63) is 28.2 Å². The minimum Gasteiger partial charge on any atom is -0.598 e. The largest absolute Gasteiger partial charge is 0.598 e. The van der Waals surface area contributed by atoms with Crippen molar-refractivity contribution in [2.75, 3.05) is 7.11 Å². The molecule has 0 aromatic heterocycles. The number of rotatable bonds is 4. The predicted molar refractivity (Wildman–Crippen MR) is 80.1 cm³/mol. The van der Waals surface area contributed by atoms with E-state index in [1.54, 1.807) is 7.11 Å². The molecular formula is C13H20BrNO2S. The summed E-state index contributed by atoms with van der Waals surface area (Å²) in [4.78, 5) is 0. The molecule has 0 heterocycles. The minimum absolute atomic E-state index is 0.0206. The second-order valence-corrected chi connectivity index (χ2v) is 7.97. The molecule has 2 unspecified atom stereocenters. The molecular weight excluding hydrogens is 314 g/mol. The summed E-state index contributed by atoms with van der Waals surface area (Å²) in [5.74, 6) is 0.794. The average Bonchev–Trinajstić information content (AvgIpc) is 2.27. The van der Waals surface area contributed by atoms with Gasteiger partial charge in [-0.15, -0.1) is 4.72 Å². The molecule has 0 aliphatic rings. The summed E-state index contributed by atoms with van der Waals surface area (Å²) in [7, 11) is 1.64. The van der Waals surface area contributed by atoms with Gasteiger partial charge < -0.3 is 9.29 Å². The SMILES string of the molecule is COc1ccc(C(C)N[S+]([O-])C(C)(C)C)cc1Br. The number of methoxy groups -OCH3 is 1. The maximum Gasteiger partial charge on any atom is 0.136 e. The van der Waals surface area contributed by atoms with E-state index in [1.807, 2.05) is 45.9 Å². The zero-order valence-electron chi connectivity index (χ0n) is 11.4. The third-order valence-electron chi connectivity index (χ3n) is 2.52. The third kappa shape index (κ3) is 4.16. The zero-order chi connectivity index (χ0) is 13.9. The third-order valence-corrected chi connectivity index (χ3v) is 4.82. The molecule has 0 amide bonds. The summed E-state index contributed by atoms with van der Waals surface area (Å²) in [5.41, 5.74) is 1.07. The molecule has 18 heavy (non-hydrogen) atoms. The Labute approximate surface area is 121 Å². The van der Waals surface area contributed by atoms with Crippen LogP contribution in [-0.2, 0) is 11.4 Å². The van der Waals surface area contributed by atoms with Crippen LogP contribution in [0, 0.1) is 0 Å². The van der Waals surface area contributed by atoms with Gasteiger partial charge in [-0.05, 0) is 61.3 Å². The highest BCUT2D eigenvalue weighted by molar-refractivity contribution is 9.10. The fourth-order valence-electron chi connectivity index (χ4n) is 1.36. The number of hydrogen-bond donors (Lipinski definition) is 1. The van der Waals surface area contributed by atoms with Gasteiger partial charge in [-0.1, -0.05) is 6.07 Å². The summed E-state index contributed by atoms with van der Waals surface area (Å²) in [5, 5.41) is 0. The van der Waals surface area contributed by atoms with Crippen molar-refractivity contribution < 1.29 is 9.29 Å². The van der Waals surface area contributed by atoms with Crippen LogP contribution in [0.3, 0.4) is 0 Å². The first-order valence-electron chi connectivity index (χ1n) is 5.77. The average molecular weight is 334 g/mol. The van der Waals surface area contributed by atoms with Crippen molar-refractivity contribution in [1.29, 1.82) is 0 Å². The van der Waals surface area contributed by atoms with E-state index in [4.69, 9.17) is 4.74 Å². The lowest BCUT2D eigenvalue weighted by Gasteiger charge is -2.26. The van der Waals surface area contributed by atoms with Crippen molar-refractivity contribution in [1.82, 2.24) is 4.72 Å². The normalized spacial score (nSPS) is 15.3. The van der Waals surface area contributed by atoms with Gasteiger partial charge in [0.15, 0.2) is 0 Å². The van der Waals surface area contributed by atoms with Gasteiger partial charge in [0, 0.05) is 11.4 Å². The van der Waals surface area contributed by atoms with Gasteiger partial charge in [-0.2, -0.15) is 0 Å². The van der Waals surface area contributed by atoms with E-state index in [2.05, 4.69) is 20.7 Å². The zero-order valence-corrected chi connectivity index (χ0v) is 13.8. The van der Waals surface area contributed by atoms with Crippen LogP contribution in [-0.4, -0.2) is 16.4 Å². The number of nitrogens with one attached hydrogen (secondary N) is 1. The van der Waals surface area contributed by atoms with Crippen molar-refractivity contribution in [2.45, 2.75) is 38.5 Å². The number of halogens is 1. The molecule has 1 aromatic carbocycles. The molecule has 0 spiro atoms. The van der Waals surface area contributed by atoms with Crippen molar-refractivity contribution in [3.8, 4) is 5.75 Å². The van der Waals surface area contributed by atoms with Gasteiger partial charge in [0.1, 0.15) is 10.5 Å². The molecule has 102 valence electrons. The van der Waals surface area contributed by atoms with Crippen LogP contribution in [0.5, 0.6) is 5.75 Å². The number of ether oxygens (including phenoxy) is 1. The Morgan fingerprint density at radius 1 is 1.39 bits per heavy atom. The van der Waals surface area contributed by atoms with Crippen LogP contribution >= 0.6 is 15.9 Å². The van der Waals surface area contributed by atoms with Gasteiger partial charge in [0.2, 0.25) is 0 Å². The smallest absolute Gasteiger partial charge is 0.136 e. The van der Waals surface area contributed by atoms with E-state index in [1.165, 1.54) is 0 Å². The molecule has 1 aromatic rings. The Morgan fingerprint density at radius 2 is 2.00 bits per heavy atom. The molecule has 1 rings (SSSR count). The lowest BCUT2D eigenvalue weighted by molar-refractivity contribution is 0.412. The lowest BCUT2D eigenvalue weighted by Crippen LogP contribution is -2.40. The van der Waals surface area contributed by atoms with E-state index in [0.717, 1.165) is 15.8 Å². The summed E-state index contributed by atoms with van der Waals surface area (Å²) in [6, 6.07) is 5.88. The molecule has 0 saturated heterocycles. The Morgan fingerprint density at radius 3 is 2.44 bits per heavy atom. The first-order valence-corrected chi connectivity index (χ1v) is 7.71. The van der Waals surface area contributed by atoms with Crippen LogP contribution in [0.2, 0.25) is 0 Å². The van der Waals surface area contributed by atoms with Crippen LogP contribution in [0.15, 0.2) is 22.7 Å². The van der Waals surface area contributed by atoms with Crippen molar-refractivity contribution in [2.24, 2.45) is 0 Å². The van der Waals surface area contributed by atoms with Crippen molar-refractivity contribution >= 4 is 27.3 Å². The Balaban J connectivity index is 2.79. The van der Waals surface area contributed by atoms with Gasteiger partial charge in [-0.25, -0.2) is 0 Å². The molecule has 3 nitrogen and oxygen atoms in total. The summed E-state index contributed by atoms with van der Waals surface area (Å²) >= 11 is 2.37. The molecule has 0 radical (unpaired) electrons. The van der Waals surface area contributed by atoms with Gasteiger partial charge in [0.05, 0.1) is 17.6 Å². The Kier molecular flexibility index (Phi) is 5.52. The summed E-state index contributed by atoms with van der Waals surface area (Å²) in [6.07, 6.45) is 0. The van der Waals surface area contributed by atoms with Crippen LogP contribution in [0.25, 0.3) is 0 Å². The fourth-order valence-corrected chi connectivity index (χ4v) is 2.73. The highest BCUT2D eigenvalue weighted by Gasteiger charge is 2.28. The van der Waals surface area contributed by atoms with E-state index in [0.29, 0.717) is 0 Å². The molecule has 0 bridgehead atoms. The Hall–Kier alpha value is -0.230.